The molecule has 1 N–H and O–H groups in total. The fraction of sp³-hybridized carbons (Fsp3) is 0.360. The van der Waals surface area contributed by atoms with Gasteiger partial charge in [0, 0.05) is 23.8 Å². The molecule has 4 rings (SSSR count). The van der Waals surface area contributed by atoms with Crippen molar-refractivity contribution < 1.29 is 9.53 Å². The summed E-state index contributed by atoms with van der Waals surface area (Å²) >= 11 is 1.68. The lowest BCUT2D eigenvalue weighted by Gasteiger charge is -2.22. The zero-order valence-electron chi connectivity index (χ0n) is 18.7. The van der Waals surface area contributed by atoms with Crippen molar-refractivity contribution in [3.63, 3.8) is 0 Å². The maximum Gasteiger partial charge on any atom is 0.308 e. The normalized spacial score (nSPS) is 16.0. The molecule has 0 amide bonds. The molecule has 1 aliphatic rings. The molecule has 6 nitrogen and oxygen atoms in total. The van der Waals surface area contributed by atoms with Crippen LogP contribution in [-0.2, 0) is 9.53 Å². The fourth-order valence-corrected chi connectivity index (χ4v) is 4.82. The Balaban J connectivity index is 1.46. The Morgan fingerprint density at radius 3 is 2.78 bits per heavy atom. The number of hydrogen-bond donors (Lipinski definition) is 1. The summed E-state index contributed by atoms with van der Waals surface area (Å²) < 4.78 is 5.17. The van der Waals surface area contributed by atoms with Gasteiger partial charge in [-0.05, 0) is 81.9 Å². The van der Waals surface area contributed by atoms with E-state index in [1.54, 1.807) is 17.5 Å². The highest BCUT2D eigenvalue weighted by atomic mass is 32.1. The number of thiazole rings is 1. The third kappa shape index (κ3) is 5.59. The van der Waals surface area contributed by atoms with E-state index in [1.807, 2.05) is 26.1 Å². The zero-order chi connectivity index (χ0) is 22.5. The lowest BCUT2D eigenvalue weighted by atomic mass is 9.86. The molecule has 0 bridgehead atoms. The molecule has 32 heavy (non-hydrogen) atoms. The standard InChI is InChI=1S/C25H28N4O2S/c1-4-31-24(30)19-7-5-18(6-8-19)13-23-27-15-22(32-23)20-11-16(2)12-21(14-20)29-25-26-10-9-17(3)28-25/h9-15,19H,4-8H2,1-3H3,(H,26,28,29). The van der Waals surface area contributed by atoms with Crippen LogP contribution in [0.4, 0.5) is 11.6 Å². The van der Waals surface area contributed by atoms with E-state index in [4.69, 9.17) is 4.74 Å². The molecular weight excluding hydrogens is 420 g/mol. The summed E-state index contributed by atoms with van der Waals surface area (Å²) in [5.41, 5.74) is 5.51. The van der Waals surface area contributed by atoms with Gasteiger partial charge in [-0.25, -0.2) is 15.0 Å². The smallest absolute Gasteiger partial charge is 0.308 e. The van der Waals surface area contributed by atoms with Crippen molar-refractivity contribution in [3.8, 4) is 10.4 Å². The van der Waals surface area contributed by atoms with E-state index in [9.17, 15) is 4.79 Å². The quantitative estimate of drug-likeness (QED) is 0.459. The SMILES string of the molecule is CCOC(=O)C1CCC(=Cc2ncc(-c3cc(C)cc(Nc4nccc(C)n4)c3)s2)CC1. The largest absolute Gasteiger partial charge is 0.466 e. The van der Waals surface area contributed by atoms with E-state index >= 15 is 0 Å². The average molecular weight is 449 g/mol. The topological polar surface area (TPSA) is 77.0 Å². The number of rotatable bonds is 6. The molecule has 0 aliphatic heterocycles. The number of benzene rings is 1. The zero-order valence-corrected chi connectivity index (χ0v) is 19.5. The highest BCUT2D eigenvalue weighted by Gasteiger charge is 2.24. The summed E-state index contributed by atoms with van der Waals surface area (Å²) in [6.45, 7) is 6.34. The Bertz CT molecular complexity index is 1130. The number of aromatic nitrogens is 3. The molecule has 3 aromatic rings. The minimum absolute atomic E-state index is 0.0366. The van der Waals surface area contributed by atoms with Crippen molar-refractivity contribution >= 4 is 35.0 Å². The second-order valence-corrected chi connectivity index (χ2v) is 9.19. The monoisotopic (exact) mass is 448 g/mol. The Morgan fingerprint density at radius 2 is 2.03 bits per heavy atom. The predicted molar refractivity (Wildman–Crippen MR) is 129 cm³/mol. The van der Waals surface area contributed by atoms with E-state index in [-0.39, 0.29) is 11.9 Å². The molecule has 2 heterocycles. The summed E-state index contributed by atoms with van der Waals surface area (Å²) in [4.78, 5) is 26.4. The molecule has 0 spiro atoms. The summed E-state index contributed by atoms with van der Waals surface area (Å²) in [5.74, 6) is 0.576. The first kappa shape index (κ1) is 22.1. The van der Waals surface area contributed by atoms with E-state index in [0.29, 0.717) is 12.6 Å². The molecule has 2 aromatic heterocycles. The highest BCUT2D eigenvalue weighted by molar-refractivity contribution is 7.15. The second-order valence-electron chi connectivity index (χ2n) is 8.13. The van der Waals surface area contributed by atoms with Crippen molar-refractivity contribution in [2.24, 2.45) is 5.92 Å². The molecule has 7 heteroatoms. The van der Waals surface area contributed by atoms with Gasteiger partial charge in [0.05, 0.1) is 17.4 Å². The molecule has 1 fully saturated rings. The van der Waals surface area contributed by atoms with Gasteiger partial charge in [0.2, 0.25) is 5.95 Å². The van der Waals surface area contributed by atoms with Gasteiger partial charge in [-0.15, -0.1) is 11.3 Å². The summed E-state index contributed by atoms with van der Waals surface area (Å²) in [5, 5.41) is 4.31. The summed E-state index contributed by atoms with van der Waals surface area (Å²) in [6, 6.07) is 8.23. The van der Waals surface area contributed by atoms with Gasteiger partial charge < -0.3 is 10.1 Å². The summed E-state index contributed by atoms with van der Waals surface area (Å²) in [7, 11) is 0. The Kier molecular flexibility index (Phi) is 6.95. The average Bonchev–Trinajstić information content (AvgIpc) is 3.23. The van der Waals surface area contributed by atoms with Crippen LogP contribution in [0.3, 0.4) is 0 Å². The molecule has 166 valence electrons. The minimum atomic E-state index is -0.0528. The molecular formula is C25H28N4O2S. The lowest BCUT2D eigenvalue weighted by Crippen LogP contribution is -2.20. The van der Waals surface area contributed by atoms with Crippen LogP contribution in [0.15, 0.2) is 42.2 Å². The molecule has 0 atom stereocenters. The number of ether oxygens (including phenoxy) is 1. The van der Waals surface area contributed by atoms with Crippen LogP contribution < -0.4 is 5.32 Å². The number of hydrogen-bond acceptors (Lipinski definition) is 7. The van der Waals surface area contributed by atoms with Crippen LogP contribution in [0.1, 0.15) is 48.9 Å². The van der Waals surface area contributed by atoms with Crippen LogP contribution >= 0.6 is 11.3 Å². The van der Waals surface area contributed by atoms with Gasteiger partial charge >= 0.3 is 5.97 Å². The number of esters is 1. The molecule has 1 saturated carbocycles. The van der Waals surface area contributed by atoms with Gasteiger partial charge in [0.1, 0.15) is 5.01 Å². The summed E-state index contributed by atoms with van der Waals surface area (Å²) in [6.07, 6.45) is 9.44. The molecule has 1 aliphatic carbocycles. The van der Waals surface area contributed by atoms with Crippen molar-refractivity contribution in [2.45, 2.75) is 46.5 Å². The van der Waals surface area contributed by atoms with Gasteiger partial charge in [0.15, 0.2) is 0 Å². The molecule has 0 radical (unpaired) electrons. The lowest BCUT2D eigenvalue weighted by molar-refractivity contribution is -0.148. The fourth-order valence-electron chi connectivity index (χ4n) is 3.93. The maximum absolute atomic E-state index is 11.9. The Labute approximate surface area is 192 Å². The van der Waals surface area contributed by atoms with Gasteiger partial charge in [0.25, 0.3) is 0 Å². The number of aryl methyl sites for hydroxylation is 2. The molecule has 0 saturated heterocycles. The van der Waals surface area contributed by atoms with Gasteiger partial charge in [-0.3, -0.25) is 4.79 Å². The van der Waals surface area contributed by atoms with Crippen molar-refractivity contribution in [2.75, 3.05) is 11.9 Å². The number of carbonyl (C=O) groups is 1. The predicted octanol–water partition coefficient (Wildman–Crippen LogP) is 6.10. The van der Waals surface area contributed by atoms with Crippen molar-refractivity contribution in [3.05, 3.63) is 58.5 Å². The molecule has 1 aromatic carbocycles. The van der Waals surface area contributed by atoms with Crippen LogP contribution in [0.5, 0.6) is 0 Å². The number of allylic oxidation sites excluding steroid dienone is 1. The number of nitrogens with zero attached hydrogens (tertiary/aromatic N) is 3. The van der Waals surface area contributed by atoms with Crippen molar-refractivity contribution in [1.82, 2.24) is 15.0 Å². The first-order valence-electron chi connectivity index (χ1n) is 11.0. The third-order valence-corrected chi connectivity index (χ3v) is 6.51. The third-order valence-electron chi connectivity index (χ3n) is 5.51. The first-order valence-corrected chi connectivity index (χ1v) is 11.8. The Morgan fingerprint density at radius 1 is 1.22 bits per heavy atom. The van der Waals surface area contributed by atoms with Crippen LogP contribution in [0, 0.1) is 19.8 Å². The minimum Gasteiger partial charge on any atom is -0.466 e. The van der Waals surface area contributed by atoms with E-state index < -0.39 is 0 Å². The van der Waals surface area contributed by atoms with Crippen molar-refractivity contribution in [1.29, 1.82) is 0 Å². The molecule has 0 unspecified atom stereocenters. The van der Waals surface area contributed by atoms with Crippen LogP contribution in [0.25, 0.3) is 16.5 Å². The van der Waals surface area contributed by atoms with Gasteiger partial charge in [-0.2, -0.15) is 0 Å². The number of carbonyl (C=O) groups excluding carboxylic acids is 1. The van der Waals surface area contributed by atoms with Crippen LogP contribution in [-0.4, -0.2) is 27.5 Å². The second kappa shape index (κ2) is 10.0. The van der Waals surface area contributed by atoms with E-state index in [0.717, 1.165) is 58.1 Å². The maximum atomic E-state index is 11.9. The first-order chi connectivity index (χ1) is 15.5. The van der Waals surface area contributed by atoms with E-state index in [2.05, 4.69) is 51.5 Å². The highest BCUT2D eigenvalue weighted by Crippen LogP contribution is 2.34. The Hall–Kier alpha value is -3.06. The van der Waals surface area contributed by atoms with E-state index in [1.165, 1.54) is 5.57 Å². The van der Waals surface area contributed by atoms with Crippen LogP contribution in [0.2, 0.25) is 0 Å². The number of nitrogens with one attached hydrogen (secondary N) is 1. The number of anilines is 2. The van der Waals surface area contributed by atoms with Gasteiger partial charge in [-0.1, -0.05) is 11.6 Å².